The third-order valence-electron chi connectivity index (χ3n) is 2.62. The Bertz CT molecular complexity index is 406. The van der Waals surface area contributed by atoms with E-state index in [1.165, 1.54) is 4.88 Å². The minimum Gasteiger partial charge on any atom is -0.357 e. The van der Waals surface area contributed by atoms with Gasteiger partial charge in [-0.25, -0.2) is 0 Å². The van der Waals surface area contributed by atoms with Crippen molar-refractivity contribution in [2.75, 3.05) is 26.4 Å². The van der Waals surface area contributed by atoms with Crippen LogP contribution in [0.1, 0.15) is 18.7 Å². The van der Waals surface area contributed by atoms with Crippen LogP contribution in [0, 0.1) is 0 Å². The lowest BCUT2D eigenvalue weighted by atomic mass is 10.4. The minimum absolute atomic E-state index is 0.540. The fourth-order valence-electron chi connectivity index (χ4n) is 1.50. The van der Waals surface area contributed by atoms with E-state index in [0.717, 1.165) is 29.9 Å². The van der Waals surface area contributed by atoms with Crippen molar-refractivity contribution in [1.29, 1.82) is 0 Å². The van der Waals surface area contributed by atoms with Gasteiger partial charge in [0.15, 0.2) is 5.96 Å². The van der Waals surface area contributed by atoms with Gasteiger partial charge in [-0.05, 0) is 25.3 Å². The molecule has 1 heterocycles. The molecule has 0 aromatic carbocycles. The fraction of sp³-hybridized carbons (Fsp3) is 0.615. The van der Waals surface area contributed by atoms with Gasteiger partial charge in [-0.1, -0.05) is 18.5 Å². The van der Waals surface area contributed by atoms with Crippen LogP contribution in [0.15, 0.2) is 17.1 Å². The van der Waals surface area contributed by atoms with Crippen LogP contribution in [0.5, 0.6) is 0 Å². The van der Waals surface area contributed by atoms with Crippen LogP contribution in [0.3, 0.4) is 0 Å². The van der Waals surface area contributed by atoms with Crippen molar-refractivity contribution in [3.05, 3.63) is 21.3 Å². The molecular weight excluding hydrogens is 298 g/mol. The van der Waals surface area contributed by atoms with Crippen molar-refractivity contribution in [1.82, 2.24) is 10.2 Å². The lowest BCUT2D eigenvalue weighted by Gasteiger charge is -2.21. The lowest BCUT2D eigenvalue weighted by Crippen LogP contribution is -2.38. The number of thioether (sulfide) groups is 1. The molecule has 0 amide bonds. The van der Waals surface area contributed by atoms with E-state index < -0.39 is 0 Å². The molecule has 0 aliphatic heterocycles. The van der Waals surface area contributed by atoms with Gasteiger partial charge < -0.3 is 10.2 Å². The fourth-order valence-corrected chi connectivity index (χ4v) is 2.87. The third kappa shape index (κ3) is 6.06. The van der Waals surface area contributed by atoms with Crippen molar-refractivity contribution in [3.8, 4) is 0 Å². The highest BCUT2D eigenvalue weighted by molar-refractivity contribution is 7.99. The van der Waals surface area contributed by atoms with Crippen LogP contribution >= 0.6 is 34.7 Å². The Kier molecular flexibility index (Phi) is 7.64. The maximum Gasteiger partial charge on any atom is 0.194 e. The van der Waals surface area contributed by atoms with Crippen LogP contribution < -0.4 is 5.32 Å². The average Bonchev–Trinajstić information content (AvgIpc) is 2.79. The Morgan fingerprint density at radius 1 is 1.58 bits per heavy atom. The molecule has 0 bridgehead atoms. The van der Waals surface area contributed by atoms with Gasteiger partial charge >= 0.3 is 0 Å². The lowest BCUT2D eigenvalue weighted by molar-refractivity contribution is 0.481. The second kappa shape index (κ2) is 8.72. The number of halogens is 1. The summed E-state index contributed by atoms with van der Waals surface area (Å²) >= 11 is 9.41. The molecule has 0 saturated carbocycles. The van der Waals surface area contributed by atoms with E-state index >= 15 is 0 Å². The summed E-state index contributed by atoms with van der Waals surface area (Å²) in [6, 6.07) is 4.01. The van der Waals surface area contributed by atoms with Crippen LogP contribution in [0.4, 0.5) is 0 Å². The SMILES string of the molecule is CCNC(=NCC(C)SC)N(C)Cc1ccc(Cl)s1. The summed E-state index contributed by atoms with van der Waals surface area (Å²) < 4.78 is 0.835. The van der Waals surface area contributed by atoms with Crippen molar-refractivity contribution in [2.45, 2.75) is 25.6 Å². The predicted octanol–water partition coefficient (Wildman–Crippen LogP) is 3.55. The topological polar surface area (TPSA) is 27.6 Å². The average molecular weight is 320 g/mol. The molecule has 3 nitrogen and oxygen atoms in total. The number of nitrogens with one attached hydrogen (secondary N) is 1. The Labute approximate surface area is 129 Å². The van der Waals surface area contributed by atoms with Crippen LogP contribution in [0.25, 0.3) is 0 Å². The summed E-state index contributed by atoms with van der Waals surface area (Å²) in [5.41, 5.74) is 0. The number of aliphatic imine (C=N–C) groups is 1. The van der Waals surface area contributed by atoms with Crippen LogP contribution in [-0.4, -0.2) is 42.5 Å². The summed E-state index contributed by atoms with van der Waals surface area (Å²) in [6.45, 7) is 6.82. The molecule has 1 atom stereocenters. The number of nitrogens with zero attached hydrogens (tertiary/aromatic N) is 2. The molecule has 0 spiro atoms. The zero-order chi connectivity index (χ0) is 14.3. The van der Waals surface area contributed by atoms with Gasteiger partial charge in [0, 0.05) is 23.7 Å². The van der Waals surface area contributed by atoms with E-state index in [9.17, 15) is 0 Å². The molecule has 108 valence electrons. The highest BCUT2D eigenvalue weighted by Crippen LogP contribution is 2.22. The highest BCUT2D eigenvalue weighted by atomic mass is 35.5. The molecule has 1 rings (SSSR count). The van der Waals surface area contributed by atoms with Crippen LogP contribution in [0.2, 0.25) is 4.34 Å². The van der Waals surface area contributed by atoms with Crippen molar-refractivity contribution in [2.24, 2.45) is 4.99 Å². The monoisotopic (exact) mass is 319 g/mol. The molecule has 0 aliphatic carbocycles. The van der Waals surface area contributed by atoms with Crippen LogP contribution in [-0.2, 0) is 6.54 Å². The minimum atomic E-state index is 0.540. The summed E-state index contributed by atoms with van der Waals surface area (Å²) in [6.07, 6.45) is 2.12. The molecule has 0 radical (unpaired) electrons. The zero-order valence-corrected chi connectivity index (χ0v) is 14.3. The maximum atomic E-state index is 5.96. The molecule has 1 aromatic heterocycles. The number of rotatable bonds is 6. The number of thiophene rings is 1. The quantitative estimate of drug-likeness (QED) is 0.642. The number of hydrogen-bond acceptors (Lipinski definition) is 3. The number of hydrogen-bond donors (Lipinski definition) is 1. The van der Waals surface area contributed by atoms with Gasteiger partial charge in [-0.2, -0.15) is 11.8 Å². The maximum absolute atomic E-state index is 5.96. The summed E-state index contributed by atoms with van der Waals surface area (Å²) in [4.78, 5) is 8.05. The van der Waals surface area contributed by atoms with Crippen molar-refractivity contribution >= 4 is 40.7 Å². The Morgan fingerprint density at radius 2 is 2.32 bits per heavy atom. The first kappa shape index (κ1) is 16.7. The molecular formula is C13H22ClN3S2. The molecule has 6 heteroatoms. The van der Waals surface area contributed by atoms with Gasteiger partial charge in [0.2, 0.25) is 0 Å². The Morgan fingerprint density at radius 3 is 2.84 bits per heavy atom. The third-order valence-corrected chi connectivity index (χ3v) is 4.79. The normalized spacial score (nSPS) is 13.4. The van der Waals surface area contributed by atoms with E-state index in [1.54, 1.807) is 11.3 Å². The molecule has 1 unspecified atom stereocenters. The summed E-state index contributed by atoms with van der Waals surface area (Å²) in [5, 5.41) is 3.87. The van der Waals surface area contributed by atoms with E-state index in [1.807, 2.05) is 17.8 Å². The summed E-state index contributed by atoms with van der Waals surface area (Å²) in [7, 11) is 2.05. The first-order chi connectivity index (χ1) is 9.06. The zero-order valence-electron chi connectivity index (χ0n) is 11.9. The second-order valence-corrected chi connectivity index (χ2v) is 7.38. The van der Waals surface area contributed by atoms with E-state index in [0.29, 0.717) is 5.25 Å². The Balaban J connectivity index is 2.63. The molecule has 0 saturated heterocycles. The highest BCUT2D eigenvalue weighted by Gasteiger charge is 2.08. The smallest absolute Gasteiger partial charge is 0.194 e. The molecule has 0 fully saturated rings. The van der Waals surface area contributed by atoms with Gasteiger partial charge in [-0.15, -0.1) is 11.3 Å². The van der Waals surface area contributed by atoms with E-state index in [2.05, 4.69) is 48.4 Å². The van der Waals surface area contributed by atoms with Gasteiger partial charge in [0.05, 0.1) is 17.4 Å². The largest absolute Gasteiger partial charge is 0.357 e. The molecule has 1 N–H and O–H groups in total. The van der Waals surface area contributed by atoms with Gasteiger partial charge in [0.1, 0.15) is 0 Å². The second-order valence-electron chi connectivity index (χ2n) is 4.30. The standard InChI is InChI=1S/C13H22ClN3S2/c1-5-15-13(16-8-10(2)18-4)17(3)9-11-6-7-12(14)19-11/h6-7,10H,5,8-9H2,1-4H3,(H,15,16). The van der Waals surface area contributed by atoms with Gasteiger partial charge in [-0.3, -0.25) is 4.99 Å². The number of guanidine groups is 1. The first-order valence-electron chi connectivity index (χ1n) is 6.33. The van der Waals surface area contributed by atoms with E-state index in [-0.39, 0.29) is 0 Å². The predicted molar refractivity (Wildman–Crippen MR) is 89.8 cm³/mol. The molecule has 19 heavy (non-hydrogen) atoms. The molecule has 1 aromatic rings. The van der Waals surface area contributed by atoms with E-state index in [4.69, 9.17) is 11.6 Å². The first-order valence-corrected chi connectivity index (χ1v) is 8.81. The summed E-state index contributed by atoms with van der Waals surface area (Å²) in [5.74, 6) is 0.952. The molecule has 0 aliphatic rings. The van der Waals surface area contributed by atoms with Crippen molar-refractivity contribution in [3.63, 3.8) is 0 Å². The Hall–Kier alpha value is -0.390. The van der Waals surface area contributed by atoms with Gasteiger partial charge in [0.25, 0.3) is 0 Å². The van der Waals surface area contributed by atoms with Crippen molar-refractivity contribution < 1.29 is 0 Å².